The molecule has 0 heterocycles. The van der Waals surface area contributed by atoms with E-state index in [1.807, 2.05) is 39.8 Å². The highest BCUT2D eigenvalue weighted by atomic mass is 16.5. The van der Waals surface area contributed by atoms with E-state index in [0.29, 0.717) is 12.5 Å². The molecule has 0 bridgehead atoms. The lowest BCUT2D eigenvalue weighted by Gasteiger charge is -2.16. The van der Waals surface area contributed by atoms with Crippen molar-refractivity contribution < 1.29 is 9.53 Å². The molecule has 0 fully saturated rings. The van der Waals surface area contributed by atoms with Gasteiger partial charge in [0.1, 0.15) is 6.61 Å². The monoisotopic (exact) mass is 224 g/mol. The Bertz CT molecular complexity index is 278. The number of hydrogen-bond acceptors (Lipinski definition) is 2. The van der Waals surface area contributed by atoms with Gasteiger partial charge in [0.2, 0.25) is 0 Å². The molecular weight excluding hydrogens is 200 g/mol. The number of esters is 1. The van der Waals surface area contributed by atoms with Crippen molar-refractivity contribution in [2.75, 3.05) is 6.61 Å². The molecule has 0 N–H and O–H groups in total. The van der Waals surface area contributed by atoms with Crippen LogP contribution in [0, 0.1) is 11.3 Å². The second-order valence-electron chi connectivity index (χ2n) is 5.47. The molecule has 0 aromatic carbocycles. The van der Waals surface area contributed by atoms with E-state index in [0.717, 1.165) is 5.57 Å². The van der Waals surface area contributed by atoms with Crippen molar-refractivity contribution in [3.05, 3.63) is 23.8 Å². The molecule has 0 aromatic rings. The molecular formula is C14H24O2. The second kappa shape index (κ2) is 6.51. The number of carbonyl (C=O) groups excluding carboxylic acids is 1. The first-order chi connectivity index (χ1) is 7.23. The molecule has 2 heteroatoms. The topological polar surface area (TPSA) is 26.3 Å². The summed E-state index contributed by atoms with van der Waals surface area (Å²) in [5.41, 5.74) is 0.628. The van der Waals surface area contributed by atoms with Crippen LogP contribution >= 0.6 is 0 Å². The third-order valence-corrected chi connectivity index (χ3v) is 1.92. The standard InChI is InChI=1S/C14H24O2/c1-11(2)8-7-9-12(3)10-16-13(15)14(4,5)6/h7-9,11H,10H2,1-6H3/b8-7+,12-9-. The Morgan fingerprint density at radius 1 is 1.31 bits per heavy atom. The quantitative estimate of drug-likeness (QED) is 0.537. The zero-order chi connectivity index (χ0) is 12.8. The van der Waals surface area contributed by atoms with Gasteiger partial charge < -0.3 is 4.74 Å². The number of ether oxygens (including phenoxy) is 1. The summed E-state index contributed by atoms with van der Waals surface area (Å²) in [6.45, 7) is 12.1. The fourth-order valence-electron chi connectivity index (χ4n) is 0.886. The van der Waals surface area contributed by atoms with Crippen LogP contribution in [0.25, 0.3) is 0 Å². The first-order valence-electron chi connectivity index (χ1n) is 5.74. The molecule has 0 atom stereocenters. The van der Waals surface area contributed by atoms with Crippen LogP contribution in [-0.2, 0) is 9.53 Å². The minimum Gasteiger partial charge on any atom is -0.461 e. The van der Waals surface area contributed by atoms with E-state index < -0.39 is 5.41 Å². The maximum atomic E-state index is 11.5. The SMILES string of the molecule is C/C(=C/C=C/C(C)C)COC(=O)C(C)(C)C. The summed E-state index contributed by atoms with van der Waals surface area (Å²) < 4.78 is 5.18. The molecule has 2 nitrogen and oxygen atoms in total. The third kappa shape index (κ3) is 7.27. The average Bonchev–Trinajstić information content (AvgIpc) is 2.11. The van der Waals surface area contributed by atoms with E-state index in [-0.39, 0.29) is 5.97 Å². The van der Waals surface area contributed by atoms with E-state index in [9.17, 15) is 4.79 Å². The van der Waals surface area contributed by atoms with Crippen molar-refractivity contribution in [2.24, 2.45) is 11.3 Å². The predicted molar refractivity (Wildman–Crippen MR) is 68.1 cm³/mol. The van der Waals surface area contributed by atoms with Crippen LogP contribution in [0.3, 0.4) is 0 Å². The Morgan fingerprint density at radius 2 is 1.88 bits per heavy atom. The van der Waals surface area contributed by atoms with Gasteiger partial charge in [-0.1, -0.05) is 32.1 Å². The molecule has 0 aliphatic carbocycles. The first-order valence-corrected chi connectivity index (χ1v) is 5.74. The van der Waals surface area contributed by atoms with Gasteiger partial charge in [0.25, 0.3) is 0 Å². The molecule has 0 rings (SSSR count). The zero-order valence-electron chi connectivity index (χ0n) is 11.3. The number of hydrogen-bond donors (Lipinski definition) is 0. The second-order valence-corrected chi connectivity index (χ2v) is 5.47. The van der Waals surface area contributed by atoms with Gasteiger partial charge in [-0.3, -0.25) is 4.79 Å². The van der Waals surface area contributed by atoms with Crippen molar-refractivity contribution >= 4 is 5.97 Å². The number of rotatable bonds is 4. The Labute approximate surface area is 99.4 Å². The molecule has 0 spiro atoms. The van der Waals surface area contributed by atoms with Gasteiger partial charge >= 0.3 is 5.97 Å². The molecule has 0 aliphatic rings. The fourth-order valence-corrected chi connectivity index (χ4v) is 0.886. The maximum absolute atomic E-state index is 11.5. The fraction of sp³-hybridized carbons (Fsp3) is 0.643. The largest absolute Gasteiger partial charge is 0.461 e. The van der Waals surface area contributed by atoms with Crippen LogP contribution < -0.4 is 0 Å². The summed E-state index contributed by atoms with van der Waals surface area (Å²) in [7, 11) is 0. The summed E-state index contributed by atoms with van der Waals surface area (Å²) in [6.07, 6.45) is 6.09. The molecule has 0 aliphatic heterocycles. The molecule has 0 radical (unpaired) electrons. The Hall–Kier alpha value is -1.05. The van der Waals surface area contributed by atoms with Gasteiger partial charge in [0, 0.05) is 0 Å². The molecule has 0 saturated carbocycles. The van der Waals surface area contributed by atoms with Crippen molar-refractivity contribution in [2.45, 2.75) is 41.5 Å². The van der Waals surface area contributed by atoms with E-state index in [2.05, 4.69) is 19.9 Å². The van der Waals surface area contributed by atoms with Gasteiger partial charge in [0.15, 0.2) is 0 Å². The summed E-state index contributed by atoms with van der Waals surface area (Å²) in [4.78, 5) is 11.5. The Balaban J connectivity index is 4.08. The van der Waals surface area contributed by atoms with Crippen LogP contribution in [0.5, 0.6) is 0 Å². The van der Waals surface area contributed by atoms with Gasteiger partial charge in [-0.15, -0.1) is 0 Å². The van der Waals surface area contributed by atoms with Crippen molar-refractivity contribution in [3.8, 4) is 0 Å². The van der Waals surface area contributed by atoms with Gasteiger partial charge in [-0.2, -0.15) is 0 Å². The highest BCUT2D eigenvalue weighted by Crippen LogP contribution is 2.15. The maximum Gasteiger partial charge on any atom is 0.311 e. The number of allylic oxidation sites excluding steroid dienone is 3. The van der Waals surface area contributed by atoms with Crippen LogP contribution in [0.4, 0.5) is 0 Å². The van der Waals surface area contributed by atoms with Gasteiger partial charge in [0.05, 0.1) is 5.41 Å². The highest BCUT2D eigenvalue weighted by Gasteiger charge is 2.22. The molecule has 0 aromatic heterocycles. The Morgan fingerprint density at radius 3 is 2.31 bits per heavy atom. The van der Waals surface area contributed by atoms with Crippen LogP contribution in [0.15, 0.2) is 23.8 Å². The molecule has 0 unspecified atom stereocenters. The van der Waals surface area contributed by atoms with Gasteiger partial charge in [-0.05, 0) is 39.2 Å². The smallest absolute Gasteiger partial charge is 0.311 e. The van der Waals surface area contributed by atoms with E-state index in [1.54, 1.807) is 0 Å². The van der Waals surface area contributed by atoms with Crippen LogP contribution in [0.2, 0.25) is 0 Å². The highest BCUT2D eigenvalue weighted by molar-refractivity contribution is 5.75. The molecule has 0 saturated heterocycles. The zero-order valence-corrected chi connectivity index (χ0v) is 11.3. The summed E-state index contributed by atoms with van der Waals surface area (Å²) >= 11 is 0. The summed E-state index contributed by atoms with van der Waals surface area (Å²) in [5, 5.41) is 0. The number of carbonyl (C=O) groups is 1. The predicted octanol–water partition coefficient (Wildman–Crippen LogP) is 3.73. The van der Waals surface area contributed by atoms with Crippen molar-refractivity contribution in [1.82, 2.24) is 0 Å². The molecule has 92 valence electrons. The summed E-state index contributed by atoms with van der Waals surface area (Å²) in [6, 6.07) is 0. The lowest BCUT2D eigenvalue weighted by atomic mass is 9.97. The Kier molecular flexibility index (Phi) is 6.09. The minimum atomic E-state index is -0.423. The lowest BCUT2D eigenvalue weighted by molar-refractivity contribution is -0.151. The van der Waals surface area contributed by atoms with Crippen LogP contribution in [-0.4, -0.2) is 12.6 Å². The first kappa shape index (κ1) is 14.9. The van der Waals surface area contributed by atoms with E-state index >= 15 is 0 Å². The third-order valence-electron chi connectivity index (χ3n) is 1.92. The normalized spacial score (nSPS) is 13.6. The average molecular weight is 224 g/mol. The minimum absolute atomic E-state index is 0.159. The van der Waals surface area contributed by atoms with E-state index in [1.165, 1.54) is 0 Å². The lowest BCUT2D eigenvalue weighted by Crippen LogP contribution is -2.23. The molecule has 0 amide bonds. The summed E-state index contributed by atoms with van der Waals surface area (Å²) in [5.74, 6) is 0.384. The molecule has 16 heavy (non-hydrogen) atoms. The van der Waals surface area contributed by atoms with Crippen LogP contribution in [0.1, 0.15) is 41.5 Å². The van der Waals surface area contributed by atoms with E-state index in [4.69, 9.17) is 4.74 Å². The van der Waals surface area contributed by atoms with Crippen molar-refractivity contribution in [3.63, 3.8) is 0 Å². The van der Waals surface area contributed by atoms with Crippen molar-refractivity contribution in [1.29, 1.82) is 0 Å². The van der Waals surface area contributed by atoms with Gasteiger partial charge in [-0.25, -0.2) is 0 Å².